The van der Waals surface area contributed by atoms with Crippen LogP contribution in [0.25, 0.3) is 0 Å². The molecule has 0 spiro atoms. The molecule has 2 saturated carbocycles. The Morgan fingerprint density at radius 3 is 1.75 bits per heavy atom. The van der Waals surface area contributed by atoms with Crippen molar-refractivity contribution in [2.75, 3.05) is 51.4 Å². The van der Waals surface area contributed by atoms with Crippen molar-refractivity contribution in [3.8, 4) is 23.0 Å². The van der Waals surface area contributed by atoms with Gasteiger partial charge in [-0.25, -0.2) is 15.0 Å². The van der Waals surface area contributed by atoms with Gasteiger partial charge in [0.2, 0.25) is 11.2 Å². The van der Waals surface area contributed by atoms with Crippen LogP contribution < -0.4 is 41.0 Å². The second-order valence-corrected chi connectivity index (χ2v) is 16.1. The lowest BCUT2D eigenvalue weighted by atomic mass is 10.2. The zero-order valence-corrected chi connectivity index (χ0v) is 40.9. The zero-order chi connectivity index (χ0) is 46.4. The van der Waals surface area contributed by atoms with E-state index in [2.05, 4.69) is 86.0 Å². The number of carboxylic acid groups (broad SMARTS) is 1. The summed E-state index contributed by atoms with van der Waals surface area (Å²) in [5.41, 5.74) is 15.2. The minimum Gasteiger partial charge on any atom is -0.493 e. The third kappa shape index (κ3) is 21.8. The number of rotatable bonds is 11. The quantitative estimate of drug-likeness (QED) is 0.0539. The lowest BCUT2D eigenvalue weighted by Crippen LogP contribution is -2.36. The molecule has 0 amide bonds. The van der Waals surface area contributed by atoms with Crippen LogP contribution in [0.5, 0.6) is 23.0 Å². The standard InChI is InChI=1S/C16H19BrN4O2.C9H13NO2.C8H19N.C5H4Cl2N2.C3H7N.C2H4O2/c1-9-6-11(7-13(22-2)14(9)23-3)20-16-18-8-12(17)15(21-16)19-10-4-5-10;1-6-4-7(10)5-8(11-2)9(6)12-3;1-6-9(7(2)3)8(4)5;1-3-2-8-5(7)9-4(3)6;4-3-1-2-3;1-2(3)4/h6-8,10H,4-5H2,1-3H3,(H2,18,19,20,21);4-5H,10H2,1-3H3;7-8H,6H2,1-5H3;2H,1H3;3H,1-2,4H2;1H3,(H,3,4). The molecule has 61 heavy (non-hydrogen) atoms. The predicted octanol–water partition coefficient (Wildman–Crippen LogP) is 9.89. The molecule has 0 radical (unpaired) electrons. The number of aromatic nitrogens is 4. The van der Waals surface area contributed by atoms with Gasteiger partial charge >= 0.3 is 0 Å². The third-order valence-electron chi connectivity index (χ3n) is 8.46. The summed E-state index contributed by atoms with van der Waals surface area (Å²) in [6.45, 7) is 19.1. The third-order valence-corrected chi connectivity index (χ3v) is 9.61. The molecule has 340 valence electrons. The maximum atomic E-state index is 9.00. The highest BCUT2D eigenvalue weighted by atomic mass is 79.9. The fourth-order valence-corrected chi connectivity index (χ4v) is 5.92. The maximum absolute atomic E-state index is 9.00. The normalized spacial score (nSPS) is 12.3. The Balaban J connectivity index is 0.000000413. The molecular formula is C43H66BrCl2N9O6. The van der Waals surface area contributed by atoms with Crippen LogP contribution in [0.3, 0.4) is 0 Å². The van der Waals surface area contributed by atoms with E-state index in [-0.39, 0.29) is 5.28 Å². The number of aliphatic carboxylic acids is 1. The van der Waals surface area contributed by atoms with Gasteiger partial charge in [0.05, 0.1) is 32.9 Å². The first-order valence-electron chi connectivity index (χ1n) is 19.8. The number of hydrogen-bond acceptors (Lipinski definition) is 14. The van der Waals surface area contributed by atoms with Gasteiger partial charge < -0.3 is 46.2 Å². The average Bonchev–Trinajstić information content (AvgIpc) is 4.14. The van der Waals surface area contributed by atoms with Crippen LogP contribution in [-0.4, -0.2) is 95.1 Å². The fraction of sp³-hybridized carbons (Fsp3) is 0.512. The predicted molar refractivity (Wildman–Crippen MR) is 253 cm³/mol. The van der Waals surface area contributed by atoms with Crippen molar-refractivity contribution >= 4 is 68.2 Å². The Morgan fingerprint density at radius 1 is 0.852 bits per heavy atom. The van der Waals surface area contributed by atoms with Crippen LogP contribution in [0.2, 0.25) is 10.4 Å². The second-order valence-electron chi connectivity index (χ2n) is 14.5. The largest absolute Gasteiger partial charge is 0.493 e. The summed E-state index contributed by atoms with van der Waals surface area (Å²) in [5.74, 6) is 3.32. The lowest BCUT2D eigenvalue weighted by Gasteiger charge is -2.28. The Kier molecular flexibility index (Phi) is 25.4. The van der Waals surface area contributed by atoms with Crippen molar-refractivity contribution in [1.82, 2.24) is 24.8 Å². The minimum atomic E-state index is -0.833. The zero-order valence-electron chi connectivity index (χ0n) is 37.8. The van der Waals surface area contributed by atoms with Gasteiger partial charge in [0, 0.05) is 72.6 Å². The van der Waals surface area contributed by atoms with Crippen molar-refractivity contribution in [2.45, 2.75) is 112 Å². The van der Waals surface area contributed by atoms with Gasteiger partial charge in [0.15, 0.2) is 23.0 Å². The highest BCUT2D eigenvalue weighted by molar-refractivity contribution is 9.10. The van der Waals surface area contributed by atoms with Gasteiger partial charge in [-0.15, -0.1) is 0 Å². The number of benzene rings is 2. The molecule has 18 heteroatoms. The molecule has 6 rings (SSSR count). The average molecular weight is 956 g/mol. The number of nitrogens with two attached hydrogens (primary N) is 2. The highest BCUT2D eigenvalue weighted by Gasteiger charge is 2.23. The summed E-state index contributed by atoms with van der Waals surface area (Å²) in [7, 11) is 6.46. The fourth-order valence-electron chi connectivity index (χ4n) is 5.31. The van der Waals surface area contributed by atoms with Crippen molar-refractivity contribution < 1.29 is 28.8 Å². The number of carbonyl (C=O) groups is 1. The van der Waals surface area contributed by atoms with E-state index in [0.717, 1.165) is 57.6 Å². The Labute approximate surface area is 380 Å². The molecule has 4 aromatic rings. The number of aryl methyl sites for hydroxylation is 3. The molecule has 2 aromatic carbocycles. The molecule has 0 bridgehead atoms. The van der Waals surface area contributed by atoms with E-state index in [1.165, 1.54) is 25.7 Å². The van der Waals surface area contributed by atoms with Gasteiger partial charge in [-0.3, -0.25) is 9.69 Å². The molecule has 2 aliphatic carbocycles. The summed E-state index contributed by atoms with van der Waals surface area (Å²) in [6, 6.07) is 9.92. The van der Waals surface area contributed by atoms with Crippen LogP contribution >= 0.6 is 39.1 Å². The number of nitrogens with zero attached hydrogens (tertiary/aromatic N) is 5. The molecule has 0 saturated heterocycles. The summed E-state index contributed by atoms with van der Waals surface area (Å²) < 4.78 is 21.8. The highest BCUT2D eigenvalue weighted by Crippen LogP contribution is 2.36. The number of nitrogen functional groups attached to an aromatic ring is 1. The smallest absolute Gasteiger partial charge is 0.300 e. The SMILES string of the molecule is CC(=O)O.CCN(C(C)C)C(C)C.COc1cc(N)cc(C)c1OC.COc1cc(Nc2ncc(Br)c(NC3CC3)n2)cc(C)c1OC.Cc1cnc(Cl)nc1Cl.NC1CC1. The molecule has 2 fully saturated rings. The molecule has 0 aliphatic heterocycles. The number of methoxy groups -OCH3 is 4. The second kappa shape index (κ2) is 28.3. The number of carboxylic acids is 1. The number of anilines is 4. The van der Waals surface area contributed by atoms with E-state index in [0.29, 0.717) is 52.5 Å². The summed E-state index contributed by atoms with van der Waals surface area (Å²) in [6.07, 6.45) is 8.23. The number of halogens is 3. The summed E-state index contributed by atoms with van der Waals surface area (Å²) >= 11 is 14.5. The molecule has 0 atom stereocenters. The van der Waals surface area contributed by atoms with Crippen molar-refractivity contribution in [2.24, 2.45) is 5.73 Å². The first kappa shape index (κ1) is 54.7. The molecule has 15 nitrogen and oxygen atoms in total. The Bertz CT molecular complexity index is 1920. The van der Waals surface area contributed by atoms with E-state index in [1.807, 2.05) is 39.0 Å². The van der Waals surface area contributed by atoms with E-state index in [9.17, 15) is 0 Å². The van der Waals surface area contributed by atoms with Gasteiger partial charge in [0.25, 0.3) is 5.97 Å². The van der Waals surface area contributed by atoms with Gasteiger partial charge in [0.1, 0.15) is 11.0 Å². The lowest BCUT2D eigenvalue weighted by molar-refractivity contribution is -0.134. The van der Waals surface area contributed by atoms with E-state index >= 15 is 0 Å². The van der Waals surface area contributed by atoms with Gasteiger partial charge in [-0.2, -0.15) is 4.98 Å². The molecular weight excluding hydrogens is 889 g/mol. The van der Waals surface area contributed by atoms with E-state index in [4.69, 9.17) is 63.5 Å². The van der Waals surface area contributed by atoms with Crippen LogP contribution in [0.1, 0.15) is 83.9 Å². The number of ether oxygens (including phenoxy) is 4. The topological polar surface area (TPSA) is 205 Å². The number of hydrogen-bond donors (Lipinski definition) is 5. The monoisotopic (exact) mass is 953 g/mol. The first-order chi connectivity index (χ1) is 28.7. The maximum Gasteiger partial charge on any atom is 0.300 e. The molecule has 2 heterocycles. The van der Waals surface area contributed by atoms with E-state index < -0.39 is 5.97 Å². The van der Waals surface area contributed by atoms with Crippen LogP contribution in [0.4, 0.5) is 23.1 Å². The molecule has 7 N–H and O–H groups in total. The van der Waals surface area contributed by atoms with Crippen LogP contribution in [0, 0.1) is 20.8 Å². The molecule has 0 unspecified atom stereocenters. The summed E-state index contributed by atoms with van der Waals surface area (Å²) in [5, 5.41) is 14.6. The number of nitrogens with one attached hydrogen (secondary N) is 2. The summed E-state index contributed by atoms with van der Waals surface area (Å²) in [4.78, 5) is 27.7. The van der Waals surface area contributed by atoms with Crippen molar-refractivity contribution in [3.63, 3.8) is 0 Å². The van der Waals surface area contributed by atoms with Crippen molar-refractivity contribution in [1.29, 1.82) is 0 Å². The van der Waals surface area contributed by atoms with Crippen LogP contribution in [0.15, 0.2) is 41.1 Å². The Hall–Kier alpha value is -4.35. The van der Waals surface area contributed by atoms with E-state index in [1.54, 1.807) is 46.9 Å². The Morgan fingerprint density at radius 2 is 1.36 bits per heavy atom. The minimum absolute atomic E-state index is 0.186. The first-order valence-corrected chi connectivity index (χ1v) is 21.4. The molecule has 2 aliphatic rings. The van der Waals surface area contributed by atoms with Gasteiger partial charge in [-0.1, -0.05) is 18.5 Å². The van der Waals surface area contributed by atoms with Crippen molar-refractivity contribution in [3.05, 3.63) is 68.3 Å². The van der Waals surface area contributed by atoms with Crippen LogP contribution in [-0.2, 0) is 4.79 Å². The van der Waals surface area contributed by atoms with Gasteiger partial charge in [-0.05, 0) is 131 Å². The molecule has 2 aromatic heterocycles.